The summed E-state index contributed by atoms with van der Waals surface area (Å²) in [5, 5.41) is 13.9. The fraction of sp³-hybridized carbons (Fsp3) is 0.375. The summed E-state index contributed by atoms with van der Waals surface area (Å²) >= 11 is 5.83. The third kappa shape index (κ3) is 4.10. The van der Waals surface area contributed by atoms with Crippen LogP contribution in [0, 0.1) is 0 Å². The highest BCUT2D eigenvalue weighted by atomic mass is 35.5. The zero-order valence-electron chi connectivity index (χ0n) is 13.5. The maximum Gasteiger partial charge on any atom is 0.401 e. The minimum absolute atomic E-state index is 0.0851. The molecule has 3 rings (SSSR count). The first kappa shape index (κ1) is 18.5. The minimum atomic E-state index is -4.26. The lowest BCUT2D eigenvalue weighted by Gasteiger charge is -2.35. The van der Waals surface area contributed by atoms with Gasteiger partial charge < -0.3 is 14.5 Å². The van der Waals surface area contributed by atoms with E-state index >= 15 is 0 Å². The first-order valence-corrected chi connectivity index (χ1v) is 8.15. The number of anilines is 1. The number of carboxylic acid groups (broad SMARTS) is 1. The summed E-state index contributed by atoms with van der Waals surface area (Å²) in [4.78, 5) is 14.6. The Morgan fingerprint density at radius 3 is 2.35 bits per heavy atom. The molecule has 1 aliphatic rings. The van der Waals surface area contributed by atoms with Gasteiger partial charge in [0.15, 0.2) is 17.1 Å². The average Bonchev–Trinajstić information content (AvgIpc) is 3.00. The minimum Gasteiger partial charge on any atom is -0.477 e. The molecule has 1 aromatic carbocycles. The SMILES string of the molecule is O=C(O)c1c(N2CCN(CC(F)(F)F)CC2)noc1-c1ccc(Cl)cc1. The summed E-state index contributed by atoms with van der Waals surface area (Å²) in [5.41, 5.74) is 0.387. The van der Waals surface area contributed by atoms with Crippen LogP contribution >= 0.6 is 11.6 Å². The molecular weight excluding hydrogens is 375 g/mol. The zero-order valence-corrected chi connectivity index (χ0v) is 14.2. The molecule has 140 valence electrons. The van der Waals surface area contributed by atoms with Crippen LogP contribution in [0.25, 0.3) is 11.3 Å². The van der Waals surface area contributed by atoms with Crippen LogP contribution in [0.2, 0.25) is 5.02 Å². The molecule has 2 aromatic rings. The molecule has 1 aromatic heterocycles. The van der Waals surface area contributed by atoms with Crippen LogP contribution in [0.5, 0.6) is 0 Å². The highest BCUT2D eigenvalue weighted by molar-refractivity contribution is 6.30. The van der Waals surface area contributed by atoms with E-state index in [0.29, 0.717) is 10.6 Å². The molecule has 0 saturated carbocycles. The van der Waals surface area contributed by atoms with E-state index in [4.69, 9.17) is 16.1 Å². The van der Waals surface area contributed by atoms with Gasteiger partial charge in [0.1, 0.15) is 0 Å². The molecule has 26 heavy (non-hydrogen) atoms. The number of halogens is 4. The summed E-state index contributed by atoms with van der Waals surface area (Å²) in [6.45, 7) is -0.225. The van der Waals surface area contributed by atoms with Crippen molar-refractivity contribution in [2.75, 3.05) is 37.6 Å². The highest BCUT2D eigenvalue weighted by Gasteiger charge is 2.34. The van der Waals surface area contributed by atoms with Crippen molar-refractivity contribution in [2.45, 2.75) is 6.18 Å². The summed E-state index contributed by atoms with van der Waals surface area (Å²) < 4.78 is 42.7. The molecule has 0 aliphatic carbocycles. The van der Waals surface area contributed by atoms with Crippen molar-refractivity contribution < 1.29 is 27.6 Å². The lowest BCUT2D eigenvalue weighted by Crippen LogP contribution is -2.49. The zero-order chi connectivity index (χ0) is 18.9. The second kappa shape index (κ2) is 7.16. The van der Waals surface area contributed by atoms with E-state index in [2.05, 4.69) is 5.16 Å². The molecule has 0 unspecified atom stereocenters. The van der Waals surface area contributed by atoms with Crippen LogP contribution in [0.3, 0.4) is 0 Å². The third-order valence-electron chi connectivity index (χ3n) is 4.07. The molecule has 0 bridgehead atoms. The van der Waals surface area contributed by atoms with Gasteiger partial charge in [-0.15, -0.1) is 0 Å². The Bertz CT molecular complexity index is 784. The molecule has 1 N–H and O–H groups in total. The molecule has 0 atom stereocenters. The van der Waals surface area contributed by atoms with Crippen molar-refractivity contribution in [1.29, 1.82) is 0 Å². The van der Waals surface area contributed by atoms with Crippen LogP contribution in [0.15, 0.2) is 28.8 Å². The smallest absolute Gasteiger partial charge is 0.401 e. The van der Waals surface area contributed by atoms with Gasteiger partial charge in [0.05, 0.1) is 6.54 Å². The van der Waals surface area contributed by atoms with Crippen molar-refractivity contribution >= 4 is 23.4 Å². The van der Waals surface area contributed by atoms with E-state index in [9.17, 15) is 23.1 Å². The number of carbonyl (C=O) groups is 1. The molecule has 1 saturated heterocycles. The number of benzene rings is 1. The summed E-state index contributed by atoms with van der Waals surface area (Å²) in [5.74, 6) is -1.01. The Morgan fingerprint density at radius 2 is 1.81 bits per heavy atom. The summed E-state index contributed by atoms with van der Waals surface area (Å²) in [6.07, 6.45) is -4.26. The Kier molecular flexibility index (Phi) is 5.10. The Hall–Kier alpha value is -2.26. The summed E-state index contributed by atoms with van der Waals surface area (Å²) in [7, 11) is 0. The topological polar surface area (TPSA) is 69.8 Å². The van der Waals surface area contributed by atoms with Gasteiger partial charge in [-0.3, -0.25) is 4.90 Å². The number of hydrogen-bond acceptors (Lipinski definition) is 5. The number of nitrogens with zero attached hydrogens (tertiary/aromatic N) is 3. The molecule has 1 fully saturated rings. The van der Waals surface area contributed by atoms with Crippen LogP contribution < -0.4 is 4.90 Å². The standard InChI is InChI=1S/C16H15ClF3N3O3/c17-11-3-1-10(2-4-11)13-12(15(24)25)14(21-26-13)23-7-5-22(6-8-23)9-16(18,19)20/h1-4H,5-9H2,(H,24,25). The lowest BCUT2D eigenvalue weighted by atomic mass is 10.1. The molecule has 1 aliphatic heterocycles. The molecular formula is C16H15ClF3N3O3. The van der Waals surface area contributed by atoms with E-state index in [1.165, 1.54) is 4.90 Å². The Morgan fingerprint density at radius 1 is 1.19 bits per heavy atom. The molecule has 2 heterocycles. The van der Waals surface area contributed by atoms with Crippen LogP contribution in [-0.2, 0) is 0 Å². The van der Waals surface area contributed by atoms with Crippen molar-refractivity contribution in [3.63, 3.8) is 0 Å². The maximum atomic E-state index is 12.5. The predicted octanol–water partition coefficient (Wildman–Crippen LogP) is 3.38. The van der Waals surface area contributed by atoms with Gasteiger partial charge in [0.25, 0.3) is 0 Å². The second-order valence-corrected chi connectivity index (χ2v) is 6.34. The van der Waals surface area contributed by atoms with E-state index in [1.807, 2.05) is 0 Å². The number of rotatable bonds is 4. The van der Waals surface area contributed by atoms with Gasteiger partial charge in [-0.25, -0.2) is 4.79 Å². The number of hydrogen-bond donors (Lipinski definition) is 1. The fourth-order valence-electron chi connectivity index (χ4n) is 2.86. The lowest BCUT2D eigenvalue weighted by molar-refractivity contribution is -0.146. The Balaban J connectivity index is 1.81. The van der Waals surface area contributed by atoms with Gasteiger partial charge in [0.2, 0.25) is 0 Å². The largest absolute Gasteiger partial charge is 0.477 e. The van der Waals surface area contributed by atoms with Gasteiger partial charge >= 0.3 is 12.1 Å². The quantitative estimate of drug-likeness (QED) is 0.864. The van der Waals surface area contributed by atoms with Crippen LogP contribution in [-0.4, -0.2) is 60.0 Å². The van der Waals surface area contributed by atoms with Crippen LogP contribution in [0.4, 0.5) is 19.0 Å². The monoisotopic (exact) mass is 389 g/mol. The maximum absolute atomic E-state index is 12.5. The first-order chi connectivity index (χ1) is 12.2. The molecule has 0 radical (unpaired) electrons. The van der Waals surface area contributed by atoms with Crippen LogP contribution in [0.1, 0.15) is 10.4 Å². The van der Waals surface area contributed by atoms with E-state index in [1.54, 1.807) is 29.2 Å². The van der Waals surface area contributed by atoms with Gasteiger partial charge in [-0.1, -0.05) is 16.8 Å². The molecule has 0 spiro atoms. The van der Waals surface area contributed by atoms with E-state index in [-0.39, 0.29) is 43.3 Å². The molecule has 6 nitrogen and oxygen atoms in total. The van der Waals surface area contributed by atoms with E-state index < -0.39 is 18.7 Å². The van der Waals surface area contributed by atoms with Crippen molar-refractivity contribution in [3.8, 4) is 11.3 Å². The van der Waals surface area contributed by atoms with Gasteiger partial charge in [-0.05, 0) is 24.3 Å². The Labute approximate surface area is 151 Å². The summed E-state index contributed by atoms with van der Waals surface area (Å²) in [6, 6.07) is 6.42. The average molecular weight is 390 g/mol. The van der Waals surface area contributed by atoms with E-state index in [0.717, 1.165) is 0 Å². The highest BCUT2D eigenvalue weighted by Crippen LogP contribution is 2.32. The van der Waals surface area contributed by atoms with Crippen molar-refractivity contribution in [2.24, 2.45) is 0 Å². The van der Waals surface area contributed by atoms with Crippen molar-refractivity contribution in [3.05, 3.63) is 34.9 Å². The molecule has 10 heteroatoms. The number of aromatic nitrogens is 1. The third-order valence-corrected chi connectivity index (χ3v) is 4.32. The number of piperazine rings is 1. The first-order valence-electron chi connectivity index (χ1n) is 7.77. The second-order valence-electron chi connectivity index (χ2n) is 5.90. The normalized spacial score (nSPS) is 16.1. The number of alkyl halides is 3. The molecule has 0 amide bonds. The van der Waals surface area contributed by atoms with Gasteiger partial charge in [0, 0.05) is 36.8 Å². The predicted molar refractivity (Wildman–Crippen MR) is 88.6 cm³/mol. The fourth-order valence-corrected chi connectivity index (χ4v) is 2.99. The van der Waals surface area contributed by atoms with Crippen molar-refractivity contribution in [1.82, 2.24) is 10.1 Å². The number of carboxylic acids is 1. The number of aromatic carboxylic acids is 1. The van der Waals surface area contributed by atoms with Gasteiger partial charge in [-0.2, -0.15) is 13.2 Å².